The summed E-state index contributed by atoms with van der Waals surface area (Å²) in [6, 6.07) is 0.667. The molecule has 1 aromatic rings. The zero-order valence-corrected chi connectivity index (χ0v) is 11.9. The zero-order chi connectivity index (χ0) is 13.0. The molecule has 0 bridgehead atoms. The van der Waals surface area contributed by atoms with Gasteiger partial charge in [0, 0.05) is 31.4 Å². The molecular weight excluding hydrogens is 224 g/mol. The first-order valence-corrected chi connectivity index (χ1v) is 7.12. The van der Waals surface area contributed by atoms with Crippen LogP contribution < -0.4 is 5.32 Å². The molecular formula is C14H26N4. The van der Waals surface area contributed by atoms with Crippen molar-refractivity contribution in [1.82, 2.24) is 20.0 Å². The number of nitrogens with zero attached hydrogens (tertiary/aromatic N) is 3. The Morgan fingerprint density at radius 2 is 2.17 bits per heavy atom. The van der Waals surface area contributed by atoms with Crippen LogP contribution in [0.15, 0.2) is 6.20 Å². The third-order valence-electron chi connectivity index (χ3n) is 3.86. The summed E-state index contributed by atoms with van der Waals surface area (Å²) >= 11 is 0. The standard InChI is InChI=1S/C14H26N4/c1-4-14-12(11-18(3)16-14)10-15-13-6-5-8-17(2)9-7-13/h11,13,15H,4-10H2,1-3H3. The predicted molar refractivity (Wildman–Crippen MR) is 74.6 cm³/mol. The van der Waals surface area contributed by atoms with Gasteiger partial charge in [0.1, 0.15) is 0 Å². The molecule has 1 atom stereocenters. The molecule has 2 heterocycles. The minimum absolute atomic E-state index is 0.667. The Balaban J connectivity index is 1.86. The highest BCUT2D eigenvalue weighted by molar-refractivity contribution is 5.16. The SMILES string of the molecule is CCc1nn(C)cc1CNC1CCCN(C)CC1. The average molecular weight is 250 g/mol. The quantitative estimate of drug-likeness (QED) is 0.880. The molecule has 1 aliphatic rings. The van der Waals surface area contributed by atoms with E-state index in [1.54, 1.807) is 0 Å². The largest absolute Gasteiger partial charge is 0.310 e. The number of nitrogens with one attached hydrogen (secondary N) is 1. The van der Waals surface area contributed by atoms with Crippen LogP contribution in [-0.4, -0.2) is 40.9 Å². The molecule has 0 aliphatic carbocycles. The number of likely N-dealkylation sites (tertiary alicyclic amines) is 1. The van der Waals surface area contributed by atoms with E-state index >= 15 is 0 Å². The van der Waals surface area contributed by atoms with Crippen molar-refractivity contribution < 1.29 is 0 Å². The Kier molecular flexibility index (Phi) is 4.78. The first-order chi connectivity index (χ1) is 8.69. The first kappa shape index (κ1) is 13.6. The maximum absolute atomic E-state index is 4.49. The second kappa shape index (κ2) is 6.34. The van der Waals surface area contributed by atoms with Crippen LogP contribution in [0.1, 0.15) is 37.4 Å². The van der Waals surface area contributed by atoms with E-state index in [0.717, 1.165) is 13.0 Å². The molecule has 0 aromatic carbocycles. The summed E-state index contributed by atoms with van der Waals surface area (Å²) < 4.78 is 1.93. The van der Waals surface area contributed by atoms with Crippen molar-refractivity contribution in [2.24, 2.45) is 7.05 Å². The molecule has 1 fully saturated rings. The lowest BCUT2D eigenvalue weighted by atomic mass is 10.1. The second-order valence-corrected chi connectivity index (χ2v) is 5.44. The third kappa shape index (κ3) is 3.56. The summed E-state index contributed by atoms with van der Waals surface area (Å²) in [5.74, 6) is 0. The first-order valence-electron chi connectivity index (χ1n) is 7.12. The number of hydrogen-bond acceptors (Lipinski definition) is 3. The van der Waals surface area contributed by atoms with Crippen LogP contribution in [0.2, 0.25) is 0 Å². The Morgan fingerprint density at radius 1 is 1.33 bits per heavy atom. The third-order valence-corrected chi connectivity index (χ3v) is 3.86. The molecule has 1 aromatic heterocycles. The number of aryl methyl sites for hydroxylation is 2. The van der Waals surface area contributed by atoms with E-state index in [4.69, 9.17) is 0 Å². The van der Waals surface area contributed by atoms with E-state index in [2.05, 4.69) is 35.5 Å². The molecule has 1 N–H and O–H groups in total. The molecule has 1 aliphatic heterocycles. The summed E-state index contributed by atoms with van der Waals surface area (Å²) in [5.41, 5.74) is 2.59. The summed E-state index contributed by atoms with van der Waals surface area (Å²) in [4.78, 5) is 2.43. The van der Waals surface area contributed by atoms with Gasteiger partial charge in [-0.05, 0) is 45.8 Å². The molecule has 0 amide bonds. The predicted octanol–water partition coefficient (Wildman–Crippen LogP) is 1.56. The smallest absolute Gasteiger partial charge is 0.0666 e. The van der Waals surface area contributed by atoms with Crippen molar-refractivity contribution in [2.75, 3.05) is 20.1 Å². The average Bonchev–Trinajstić information content (AvgIpc) is 2.58. The van der Waals surface area contributed by atoms with E-state index in [-0.39, 0.29) is 0 Å². The highest BCUT2D eigenvalue weighted by Crippen LogP contribution is 2.12. The maximum Gasteiger partial charge on any atom is 0.0666 e. The lowest BCUT2D eigenvalue weighted by Crippen LogP contribution is -2.30. The fourth-order valence-corrected chi connectivity index (χ4v) is 2.73. The molecule has 0 saturated carbocycles. The summed E-state index contributed by atoms with van der Waals surface area (Å²) in [7, 11) is 4.22. The topological polar surface area (TPSA) is 33.1 Å². The molecule has 18 heavy (non-hydrogen) atoms. The monoisotopic (exact) mass is 250 g/mol. The molecule has 1 unspecified atom stereocenters. The van der Waals surface area contributed by atoms with E-state index in [1.165, 1.54) is 43.6 Å². The summed E-state index contributed by atoms with van der Waals surface area (Å²) in [6.45, 7) is 5.59. The van der Waals surface area contributed by atoms with Crippen molar-refractivity contribution in [1.29, 1.82) is 0 Å². The van der Waals surface area contributed by atoms with Crippen LogP contribution in [0.3, 0.4) is 0 Å². The van der Waals surface area contributed by atoms with Gasteiger partial charge in [0.05, 0.1) is 5.69 Å². The van der Waals surface area contributed by atoms with Crippen LogP contribution in [0, 0.1) is 0 Å². The van der Waals surface area contributed by atoms with Gasteiger partial charge in [-0.25, -0.2) is 0 Å². The van der Waals surface area contributed by atoms with Crippen LogP contribution in [0.5, 0.6) is 0 Å². The molecule has 102 valence electrons. The van der Waals surface area contributed by atoms with Crippen LogP contribution >= 0.6 is 0 Å². The fourth-order valence-electron chi connectivity index (χ4n) is 2.73. The molecule has 4 nitrogen and oxygen atoms in total. The Bertz CT molecular complexity index is 372. The fraction of sp³-hybridized carbons (Fsp3) is 0.786. The minimum Gasteiger partial charge on any atom is -0.310 e. The lowest BCUT2D eigenvalue weighted by Gasteiger charge is -2.16. The Hall–Kier alpha value is -0.870. The maximum atomic E-state index is 4.49. The van der Waals surface area contributed by atoms with Gasteiger partial charge < -0.3 is 10.2 Å². The second-order valence-electron chi connectivity index (χ2n) is 5.44. The van der Waals surface area contributed by atoms with Crippen molar-refractivity contribution in [2.45, 2.75) is 45.2 Å². The van der Waals surface area contributed by atoms with E-state index in [9.17, 15) is 0 Å². The number of aromatic nitrogens is 2. The summed E-state index contributed by atoms with van der Waals surface area (Å²) in [5, 5.41) is 8.20. The van der Waals surface area contributed by atoms with Crippen LogP contribution in [-0.2, 0) is 20.0 Å². The minimum atomic E-state index is 0.667. The van der Waals surface area contributed by atoms with Gasteiger partial charge >= 0.3 is 0 Å². The molecule has 1 saturated heterocycles. The van der Waals surface area contributed by atoms with Gasteiger partial charge in [-0.15, -0.1) is 0 Å². The van der Waals surface area contributed by atoms with Gasteiger partial charge in [0.15, 0.2) is 0 Å². The van der Waals surface area contributed by atoms with Crippen molar-refractivity contribution in [3.05, 3.63) is 17.5 Å². The van der Waals surface area contributed by atoms with Crippen LogP contribution in [0.4, 0.5) is 0 Å². The van der Waals surface area contributed by atoms with Gasteiger partial charge in [0.2, 0.25) is 0 Å². The van der Waals surface area contributed by atoms with E-state index in [0.29, 0.717) is 6.04 Å². The van der Waals surface area contributed by atoms with E-state index in [1.807, 2.05) is 11.7 Å². The normalized spacial score (nSPS) is 22.1. The van der Waals surface area contributed by atoms with Gasteiger partial charge in [-0.1, -0.05) is 6.92 Å². The van der Waals surface area contributed by atoms with Crippen molar-refractivity contribution in [3.63, 3.8) is 0 Å². The van der Waals surface area contributed by atoms with Crippen LogP contribution in [0.25, 0.3) is 0 Å². The zero-order valence-electron chi connectivity index (χ0n) is 11.9. The summed E-state index contributed by atoms with van der Waals surface area (Å²) in [6.07, 6.45) is 7.03. The highest BCUT2D eigenvalue weighted by Gasteiger charge is 2.15. The Morgan fingerprint density at radius 3 is 2.94 bits per heavy atom. The highest BCUT2D eigenvalue weighted by atomic mass is 15.3. The molecule has 2 rings (SSSR count). The molecule has 0 spiro atoms. The van der Waals surface area contributed by atoms with Gasteiger partial charge in [-0.2, -0.15) is 5.10 Å². The van der Waals surface area contributed by atoms with Crippen molar-refractivity contribution >= 4 is 0 Å². The van der Waals surface area contributed by atoms with Crippen molar-refractivity contribution in [3.8, 4) is 0 Å². The Labute approximate surface area is 110 Å². The van der Waals surface area contributed by atoms with Gasteiger partial charge in [0.25, 0.3) is 0 Å². The molecule has 4 heteroatoms. The number of rotatable bonds is 4. The number of hydrogen-bond donors (Lipinski definition) is 1. The molecule has 0 radical (unpaired) electrons. The van der Waals surface area contributed by atoms with Gasteiger partial charge in [-0.3, -0.25) is 4.68 Å². The lowest BCUT2D eigenvalue weighted by molar-refractivity contribution is 0.343. The van der Waals surface area contributed by atoms with E-state index < -0.39 is 0 Å².